The lowest BCUT2D eigenvalue weighted by molar-refractivity contribution is 1.33. The molecule has 0 unspecified atom stereocenters. The fraction of sp³-hybridized carbons (Fsp3) is 0.0833. The van der Waals surface area contributed by atoms with E-state index in [1.165, 1.54) is 5.56 Å². The number of anilines is 1. The SMILES string of the molecule is Cc1ccc(-c2cnc(N)c(Cl)c2)cc1. The third kappa shape index (κ3) is 2.10. The highest BCUT2D eigenvalue weighted by atomic mass is 35.5. The number of nitrogens with two attached hydrogens (primary N) is 1. The summed E-state index contributed by atoms with van der Waals surface area (Å²) in [6, 6.07) is 10.0. The number of pyridine rings is 1. The number of nitrogens with zero attached hydrogens (tertiary/aromatic N) is 1. The van der Waals surface area contributed by atoms with E-state index in [4.69, 9.17) is 17.3 Å². The fourth-order valence-corrected chi connectivity index (χ4v) is 1.52. The molecule has 15 heavy (non-hydrogen) atoms. The van der Waals surface area contributed by atoms with Gasteiger partial charge in [0.25, 0.3) is 0 Å². The Morgan fingerprint density at radius 3 is 2.40 bits per heavy atom. The van der Waals surface area contributed by atoms with Crippen molar-refractivity contribution in [3.05, 3.63) is 47.1 Å². The molecule has 0 spiro atoms. The Bertz CT molecular complexity index is 477. The Morgan fingerprint density at radius 1 is 1.13 bits per heavy atom. The highest BCUT2D eigenvalue weighted by molar-refractivity contribution is 6.33. The molecule has 0 bridgehead atoms. The van der Waals surface area contributed by atoms with Crippen molar-refractivity contribution in [3.63, 3.8) is 0 Å². The smallest absolute Gasteiger partial charge is 0.142 e. The second-order valence-corrected chi connectivity index (χ2v) is 3.86. The Morgan fingerprint density at radius 2 is 1.80 bits per heavy atom. The lowest BCUT2D eigenvalue weighted by atomic mass is 10.1. The van der Waals surface area contributed by atoms with Crippen LogP contribution in [0.2, 0.25) is 5.02 Å². The van der Waals surface area contributed by atoms with Gasteiger partial charge >= 0.3 is 0 Å². The van der Waals surface area contributed by atoms with E-state index in [0.717, 1.165) is 11.1 Å². The summed E-state index contributed by atoms with van der Waals surface area (Å²) >= 11 is 5.91. The standard InChI is InChI=1S/C12H11ClN2/c1-8-2-4-9(5-3-8)10-6-11(13)12(14)15-7-10/h2-7H,1H3,(H2,14,15). The first kappa shape index (κ1) is 9.99. The number of nitrogen functional groups attached to an aromatic ring is 1. The summed E-state index contributed by atoms with van der Waals surface area (Å²) in [5, 5.41) is 0.494. The lowest BCUT2D eigenvalue weighted by Gasteiger charge is -2.03. The van der Waals surface area contributed by atoms with Crippen LogP contribution in [0.15, 0.2) is 36.5 Å². The molecule has 2 rings (SSSR count). The number of aryl methyl sites for hydroxylation is 1. The number of rotatable bonds is 1. The topological polar surface area (TPSA) is 38.9 Å². The summed E-state index contributed by atoms with van der Waals surface area (Å²) in [5.74, 6) is 0.368. The highest BCUT2D eigenvalue weighted by Gasteiger charge is 2.01. The van der Waals surface area contributed by atoms with Crippen molar-refractivity contribution in [3.8, 4) is 11.1 Å². The van der Waals surface area contributed by atoms with Crippen molar-refractivity contribution in [2.45, 2.75) is 6.92 Å². The van der Waals surface area contributed by atoms with Crippen molar-refractivity contribution in [1.82, 2.24) is 4.98 Å². The Labute approximate surface area is 93.7 Å². The quantitative estimate of drug-likeness (QED) is 0.798. The van der Waals surface area contributed by atoms with Crippen molar-refractivity contribution >= 4 is 17.4 Å². The molecule has 2 nitrogen and oxygen atoms in total. The summed E-state index contributed by atoms with van der Waals surface area (Å²) in [4.78, 5) is 4.02. The van der Waals surface area contributed by atoms with Crippen LogP contribution in [0.1, 0.15) is 5.56 Å². The van der Waals surface area contributed by atoms with Crippen LogP contribution in [0.3, 0.4) is 0 Å². The van der Waals surface area contributed by atoms with Gasteiger partial charge in [-0.1, -0.05) is 41.4 Å². The minimum Gasteiger partial charge on any atom is -0.382 e. The van der Waals surface area contributed by atoms with Crippen LogP contribution in [-0.2, 0) is 0 Å². The van der Waals surface area contributed by atoms with Crippen LogP contribution in [0.4, 0.5) is 5.82 Å². The molecule has 0 aliphatic carbocycles. The molecule has 2 aromatic rings. The molecule has 76 valence electrons. The second kappa shape index (κ2) is 3.91. The molecule has 2 N–H and O–H groups in total. The molecule has 0 fully saturated rings. The molecule has 0 radical (unpaired) electrons. The third-order valence-corrected chi connectivity index (χ3v) is 2.56. The Hall–Kier alpha value is -1.54. The molecule has 1 aromatic heterocycles. The van der Waals surface area contributed by atoms with E-state index in [9.17, 15) is 0 Å². The average molecular weight is 219 g/mol. The van der Waals surface area contributed by atoms with E-state index in [1.807, 2.05) is 18.2 Å². The number of aromatic nitrogens is 1. The number of benzene rings is 1. The zero-order valence-electron chi connectivity index (χ0n) is 8.37. The Balaban J connectivity index is 2.45. The third-order valence-electron chi connectivity index (χ3n) is 2.25. The first-order chi connectivity index (χ1) is 7.16. The maximum absolute atomic E-state index is 5.91. The summed E-state index contributed by atoms with van der Waals surface area (Å²) in [5.41, 5.74) is 8.85. The molecular formula is C12H11ClN2. The van der Waals surface area contributed by atoms with Crippen LogP contribution in [0, 0.1) is 6.92 Å². The predicted octanol–water partition coefficient (Wildman–Crippen LogP) is 3.29. The molecule has 0 saturated carbocycles. The first-order valence-corrected chi connectivity index (χ1v) is 5.02. The van der Waals surface area contributed by atoms with Crippen LogP contribution in [0.5, 0.6) is 0 Å². The second-order valence-electron chi connectivity index (χ2n) is 3.46. The zero-order valence-corrected chi connectivity index (χ0v) is 9.12. The minimum absolute atomic E-state index is 0.368. The summed E-state index contributed by atoms with van der Waals surface area (Å²) in [6.45, 7) is 2.05. The number of hydrogen-bond acceptors (Lipinski definition) is 2. The molecule has 1 heterocycles. The molecule has 1 aromatic carbocycles. The van der Waals surface area contributed by atoms with Crippen molar-refractivity contribution in [1.29, 1.82) is 0 Å². The van der Waals surface area contributed by atoms with Crippen LogP contribution in [0.25, 0.3) is 11.1 Å². The van der Waals surface area contributed by atoms with Crippen LogP contribution >= 0.6 is 11.6 Å². The van der Waals surface area contributed by atoms with Gasteiger partial charge in [0.05, 0.1) is 5.02 Å². The fourth-order valence-electron chi connectivity index (χ4n) is 1.35. The van der Waals surface area contributed by atoms with E-state index in [1.54, 1.807) is 6.20 Å². The predicted molar refractivity (Wildman–Crippen MR) is 63.8 cm³/mol. The number of hydrogen-bond donors (Lipinski definition) is 1. The van der Waals surface area contributed by atoms with E-state index >= 15 is 0 Å². The molecule has 0 amide bonds. The Kier molecular flexibility index (Phi) is 2.60. The molecule has 0 saturated heterocycles. The highest BCUT2D eigenvalue weighted by Crippen LogP contribution is 2.24. The van der Waals surface area contributed by atoms with Crippen molar-refractivity contribution < 1.29 is 0 Å². The molecule has 0 aliphatic heterocycles. The minimum atomic E-state index is 0.368. The van der Waals surface area contributed by atoms with E-state index < -0.39 is 0 Å². The number of halogens is 1. The molecule has 3 heteroatoms. The largest absolute Gasteiger partial charge is 0.382 e. The summed E-state index contributed by atoms with van der Waals surface area (Å²) in [6.07, 6.45) is 1.73. The zero-order chi connectivity index (χ0) is 10.8. The van der Waals surface area contributed by atoms with Gasteiger partial charge in [-0.2, -0.15) is 0 Å². The molecule has 0 aliphatic rings. The summed E-state index contributed by atoms with van der Waals surface area (Å²) < 4.78 is 0. The van der Waals surface area contributed by atoms with Crippen LogP contribution in [-0.4, -0.2) is 4.98 Å². The van der Waals surface area contributed by atoms with Crippen molar-refractivity contribution in [2.24, 2.45) is 0 Å². The molecule has 0 atom stereocenters. The monoisotopic (exact) mass is 218 g/mol. The normalized spacial score (nSPS) is 10.3. The summed E-state index contributed by atoms with van der Waals surface area (Å²) in [7, 11) is 0. The van der Waals surface area contributed by atoms with Gasteiger partial charge in [0.15, 0.2) is 0 Å². The van der Waals surface area contributed by atoms with E-state index in [2.05, 4.69) is 24.0 Å². The van der Waals surface area contributed by atoms with E-state index in [-0.39, 0.29) is 0 Å². The van der Waals surface area contributed by atoms with Gasteiger partial charge in [-0.3, -0.25) is 0 Å². The first-order valence-electron chi connectivity index (χ1n) is 4.65. The van der Waals surface area contributed by atoms with Gasteiger partial charge in [-0.05, 0) is 18.6 Å². The van der Waals surface area contributed by atoms with Gasteiger partial charge in [-0.25, -0.2) is 4.98 Å². The van der Waals surface area contributed by atoms with Gasteiger partial charge in [0.2, 0.25) is 0 Å². The van der Waals surface area contributed by atoms with Crippen LogP contribution < -0.4 is 5.73 Å². The molecular weight excluding hydrogens is 208 g/mol. The van der Waals surface area contributed by atoms with Crippen molar-refractivity contribution in [2.75, 3.05) is 5.73 Å². The van der Waals surface area contributed by atoms with Gasteiger partial charge in [0.1, 0.15) is 5.82 Å². The average Bonchev–Trinajstić information content (AvgIpc) is 2.23. The van der Waals surface area contributed by atoms with Gasteiger partial charge in [0, 0.05) is 11.8 Å². The van der Waals surface area contributed by atoms with Gasteiger partial charge < -0.3 is 5.73 Å². The van der Waals surface area contributed by atoms with Gasteiger partial charge in [-0.15, -0.1) is 0 Å². The van der Waals surface area contributed by atoms with E-state index in [0.29, 0.717) is 10.8 Å². The maximum atomic E-state index is 5.91. The maximum Gasteiger partial charge on any atom is 0.142 e. The lowest BCUT2D eigenvalue weighted by Crippen LogP contribution is -1.91.